The zero-order chi connectivity index (χ0) is 25.8. The number of carbonyl (C=O) groups excluding carboxylic acids is 2. The van der Waals surface area contributed by atoms with Crippen LogP contribution in [0.15, 0.2) is 0 Å². The Morgan fingerprint density at radius 2 is 0.676 bits per heavy atom. The molecule has 0 amide bonds. The first-order chi connectivity index (χ1) is 17.9. The van der Waals surface area contributed by atoms with Gasteiger partial charge in [0.2, 0.25) is 0 Å². The van der Waals surface area contributed by atoms with E-state index in [1.54, 1.807) is 109 Å². The van der Waals surface area contributed by atoms with Gasteiger partial charge < -0.3 is 9.59 Å². The fraction of sp³-hybridized carbons (Fsp3) is 0.906. The first-order valence-electron chi connectivity index (χ1n) is 15.8. The van der Waals surface area contributed by atoms with Crippen LogP contribution in [0, 0.1) is 6.16 Å². The van der Waals surface area contributed by atoms with Crippen molar-refractivity contribution in [2.24, 2.45) is 0 Å². The van der Waals surface area contributed by atoms with Crippen molar-refractivity contribution in [3.63, 3.8) is 0 Å². The number of hydrogen-bond donors (Lipinski definition) is 0. The van der Waals surface area contributed by atoms with Crippen molar-refractivity contribution in [1.29, 1.82) is 0 Å². The van der Waals surface area contributed by atoms with Gasteiger partial charge in [-0.25, -0.2) is 0 Å². The number of rotatable bonds is 7. The zero-order valence-corrected chi connectivity index (χ0v) is 26.5. The predicted octanol–water partition coefficient (Wildman–Crippen LogP) is 10.5. The molecule has 0 aromatic heterocycles. The van der Waals surface area contributed by atoms with Gasteiger partial charge in [-0.3, -0.25) is 27.7 Å². The largest absolute Gasteiger partial charge is 3.00 e. The van der Waals surface area contributed by atoms with E-state index in [9.17, 15) is 0 Å². The predicted molar refractivity (Wildman–Crippen MR) is 162 cm³/mol. The third-order valence-electron chi connectivity index (χ3n) is 9.58. The van der Waals surface area contributed by atoms with Gasteiger partial charge in [-0.05, 0) is 74.0 Å². The average molecular weight is 594 g/mol. The third-order valence-corrected chi connectivity index (χ3v) is 16.7. The molecule has 0 aromatic rings. The van der Waals surface area contributed by atoms with Crippen molar-refractivity contribution in [2.75, 3.05) is 6.16 Å². The van der Waals surface area contributed by atoms with Crippen LogP contribution in [0.5, 0.6) is 0 Å². The van der Waals surface area contributed by atoms with Crippen molar-refractivity contribution in [3.05, 3.63) is 6.16 Å². The van der Waals surface area contributed by atoms with Crippen LogP contribution in [0.25, 0.3) is 0 Å². The van der Waals surface area contributed by atoms with Crippen LogP contribution in [0.2, 0.25) is 0 Å². The molecule has 4 aliphatic rings. The molecule has 0 unspecified atom stereocenters. The Morgan fingerprint density at radius 3 is 0.946 bits per heavy atom. The van der Waals surface area contributed by atoms with E-state index in [4.69, 9.17) is 9.59 Å². The Morgan fingerprint density at radius 1 is 0.432 bits per heavy atom. The molecule has 1 radical (unpaired) electrons. The molecule has 0 atom stereocenters. The summed E-state index contributed by atoms with van der Waals surface area (Å²) in [4.78, 5) is 15.5. The van der Waals surface area contributed by atoms with Gasteiger partial charge in [0.05, 0.1) is 0 Å². The quantitative estimate of drug-likeness (QED) is 0.0967. The second kappa shape index (κ2) is 23.4. The first kappa shape index (κ1) is 35.7. The molecule has 0 aromatic carbocycles. The van der Waals surface area contributed by atoms with E-state index in [0.29, 0.717) is 0 Å². The Hall–Kier alpha value is 0.694. The maximum absolute atomic E-state index is 7.75. The molecule has 0 spiro atoms. The maximum atomic E-state index is 7.75. The molecular formula is C32H57NiO2P2. The third kappa shape index (κ3) is 13.3. The monoisotopic (exact) mass is 593 g/mol. The van der Waals surface area contributed by atoms with Gasteiger partial charge in [-0.2, -0.15) is 6.16 Å². The summed E-state index contributed by atoms with van der Waals surface area (Å²) in [5.74, 6) is 0. The summed E-state index contributed by atoms with van der Waals surface area (Å²) in [6.45, 7) is 6.50. The Kier molecular flexibility index (Phi) is 22.6. The molecule has 0 N–H and O–H groups in total. The number of hydrogen-bond acceptors (Lipinski definition) is 2. The van der Waals surface area contributed by atoms with E-state index in [0.717, 1.165) is 22.6 Å². The molecule has 2 nitrogen and oxygen atoms in total. The summed E-state index contributed by atoms with van der Waals surface area (Å²) in [7, 11) is 0.414. The van der Waals surface area contributed by atoms with E-state index in [1.165, 1.54) is 51.4 Å². The normalized spacial score (nSPS) is 23.7. The minimum atomic E-state index is 0. The van der Waals surface area contributed by atoms with Crippen LogP contribution in [-0.2, 0) is 26.1 Å². The van der Waals surface area contributed by atoms with Crippen LogP contribution in [0.1, 0.15) is 154 Å². The molecule has 5 heteroatoms. The molecule has 37 heavy (non-hydrogen) atoms. The minimum Gasteiger partial charge on any atom is -0.545 e. The topological polar surface area (TPSA) is 34.1 Å². The van der Waals surface area contributed by atoms with Gasteiger partial charge in [0, 0.05) is 0 Å². The second-order valence-corrected chi connectivity index (χ2v) is 17.5. The average Bonchev–Trinajstić information content (AvgIpc) is 3.54. The van der Waals surface area contributed by atoms with E-state index in [-0.39, 0.29) is 32.3 Å². The smallest absolute Gasteiger partial charge is 0.545 e. The van der Waals surface area contributed by atoms with Crippen LogP contribution >= 0.6 is 15.8 Å². The van der Waals surface area contributed by atoms with E-state index >= 15 is 0 Å². The second-order valence-electron chi connectivity index (χ2n) is 11.9. The molecule has 0 bridgehead atoms. The van der Waals surface area contributed by atoms with Gasteiger partial charge >= 0.3 is 16.5 Å². The Bertz CT molecular complexity index is 419. The molecule has 217 valence electrons. The van der Waals surface area contributed by atoms with Gasteiger partial charge in [0.25, 0.3) is 0 Å². The van der Waals surface area contributed by atoms with Gasteiger partial charge in [0.1, 0.15) is 0 Å². The Balaban J connectivity index is 0.00000131. The molecule has 4 rings (SSSR count). The van der Waals surface area contributed by atoms with Crippen molar-refractivity contribution >= 4 is 29.4 Å². The molecule has 0 aliphatic heterocycles. The van der Waals surface area contributed by atoms with Gasteiger partial charge in [-0.15, -0.1) is 7.92 Å². The Labute approximate surface area is 243 Å². The fourth-order valence-corrected chi connectivity index (χ4v) is 15.5. The van der Waals surface area contributed by atoms with E-state index in [2.05, 4.69) is 19.7 Å². The standard InChI is InChI=1S/C30H55P2.2CHO.Ni/c1-2-10-18-27(17-9-1)31(28-19-11-3-4-12-20-28)25-26-32(29-21-13-5-6-14-22-29)30-23-15-7-8-16-24-30;2*1-2;/h25,27-30H,1-24,26H2;2*1H;/q3*-1;+3. The summed E-state index contributed by atoms with van der Waals surface area (Å²) < 4.78 is 0. The van der Waals surface area contributed by atoms with E-state index < -0.39 is 0 Å². The molecule has 4 fully saturated rings. The summed E-state index contributed by atoms with van der Waals surface area (Å²) >= 11 is 0. The van der Waals surface area contributed by atoms with Gasteiger partial charge in [-0.1, -0.05) is 103 Å². The van der Waals surface area contributed by atoms with Crippen LogP contribution in [0.4, 0.5) is 0 Å². The van der Waals surface area contributed by atoms with Crippen molar-refractivity contribution in [1.82, 2.24) is 0 Å². The van der Waals surface area contributed by atoms with Crippen LogP contribution in [-0.4, -0.2) is 42.4 Å². The van der Waals surface area contributed by atoms with E-state index in [1.807, 2.05) is 0 Å². The van der Waals surface area contributed by atoms with Crippen molar-refractivity contribution in [2.45, 2.75) is 177 Å². The first-order valence-corrected chi connectivity index (χ1v) is 19.0. The summed E-state index contributed by atoms with van der Waals surface area (Å²) in [6, 6.07) is 0. The summed E-state index contributed by atoms with van der Waals surface area (Å²) in [6.07, 6.45) is 42.1. The summed E-state index contributed by atoms with van der Waals surface area (Å²) in [5.41, 5.74) is 4.48. The molecule has 4 aliphatic carbocycles. The minimum absolute atomic E-state index is 0. The summed E-state index contributed by atoms with van der Waals surface area (Å²) in [5, 5.41) is 0. The molecule has 0 saturated heterocycles. The van der Waals surface area contributed by atoms with Crippen molar-refractivity contribution < 1.29 is 26.1 Å². The SMILES string of the molecule is [CH-](CP(C1CCCCCC1)C1CCCCCC1)P(C1CCCCCC1)C1CCCCCC1.[CH-]=O.[CH-]=O.[Ni+3]. The maximum Gasteiger partial charge on any atom is 3.00 e. The van der Waals surface area contributed by atoms with Crippen molar-refractivity contribution in [3.8, 4) is 0 Å². The molecule has 4 saturated carbocycles. The van der Waals surface area contributed by atoms with Crippen LogP contribution in [0.3, 0.4) is 0 Å². The molecular weight excluding hydrogens is 537 g/mol. The van der Waals surface area contributed by atoms with Gasteiger partial charge in [0.15, 0.2) is 0 Å². The zero-order valence-electron chi connectivity index (χ0n) is 23.7. The van der Waals surface area contributed by atoms with Crippen LogP contribution < -0.4 is 0 Å². The fourth-order valence-electron chi connectivity index (χ4n) is 7.67. The molecule has 0 heterocycles.